The van der Waals surface area contributed by atoms with Crippen LogP contribution in [0.5, 0.6) is 0 Å². The molecular weight excluding hydrogens is 162 g/mol. The monoisotopic (exact) mass is 179 g/mol. The molecule has 72 valence electrons. The minimum absolute atomic E-state index is 0.206. The highest BCUT2D eigenvalue weighted by atomic mass is 16.1. The summed E-state index contributed by atoms with van der Waals surface area (Å²) >= 11 is 0. The molecule has 2 heteroatoms. The normalized spacial score (nSPS) is 27.5. The van der Waals surface area contributed by atoms with Crippen LogP contribution in [0.4, 0.5) is 0 Å². The fourth-order valence-electron chi connectivity index (χ4n) is 1.59. The van der Waals surface area contributed by atoms with Gasteiger partial charge in [-0.15, -0.1) is 5.92 Å². The largest absolute Gasteiger partial charge is 0.314 e. The molecule has 2 atom stereocenters. The van der Waals surface area contributed by atoms with Crippen molar-refractivity contribution in [3.63, 3.8) is 0 Å². The highest BCUT2D eigenvalue weighted by molar-refractivity contribution is 5.83. The molecule has 0 aromatic heterocycles. The lowest BCUT2D eigenvalue weighted by Crippen LogP contribution is -2.39. The zero-order valence-electron chi connectivity index (χ0n) is 8.39. The third-order valence-electron chi connectivity index (χ3n) is 2.56. The smallest absolute Gasteiger partial charge is 0.149 e. The first-order chi connectivity index (χ1) is 6.24. The Labute approximate surface area is 80.1 Å². The molecule has 1 aliphatic rings. The van der Waals surface area contributed by atoms with E-state index in [0.29, 0.717) is 18.2 Å². The molecule has 2 nitrogen and oxygen atoms in total. The summed E-state index contributed by atoms with van der Waals surface area (Å²) in [5, 5.41) is 3.32. The average molecular weight is 179 g/mol. The Hall–Kier alpha value is -0.810. The van der Waals surface area contributed by atoms with Crippen molar-refractivity contribution in [2.24, 2.45) is 5.92 Å². The van der Waals surface area contributed by atoms with Crippen molar-refractivity contribution in [3.8, 4) is 11.8 Å². The van der Waals surface area contributed by atoms with Crippen LogP contribution >= 0.6 is 0 Å². The van der Waals surface area contributed by atoms with E-state index in [1.165, 1.54) is 0 Å². The summed E-state index contributed by atoms with van der Waals surface area (Å²) in [6.07, 6.45) is 2.56. The molecule has 1 heterocycles. The van der Waals surface area contributed by atoms with E-state index in [0.717, 1.165) is 19.4 Å². The van der Waals surface area contributed by atoms with Crippen LogP contribution in [-0.4, -0.2) is 18.4 Å². The maximum atomic E-state index is 11.5. The lowest BCUT2D eigenvalue weighted by atomic mass is 9.91. The van der Waals surface area contributed by atoms with Crippen molar-refractivity contribution in [3.05, 3.63) is 0 Å². The van der Waals surface area contributed by atoms with Gasteiger partial charge in [-0.05, 0) is 26.7 Å². The number of rotatable bonds is 2. The van der Waals surface area contributed by atoms with E-state index < -0.39 is 0 Å². The molecule has 0 bridgehead atoms. The average Bonchev–Trinajstić information content (AvgIpc) is 2.15. The summed E-state index contributed by atoms with van der Waals surface area (Å²) in [6.45, 7) is 4.77. The third-order valence-corrected chi connectivity index (χ3v) is 2.56. The lowest BCUT2D eigenvalue weighted by molar-refractivity contribution is -0.122. The zero-order valence-corrected chi connectivity index (χ0v) is 8.39. The first-order valence-electron chi connectivity index (χ1n) is 4.89. The Balaban J connectivity index is 2.34. The second-order valence-electron chi connectivity index (χ2n) is 3.65. The van der Waals surface area contributed by atoms with Crippen LogP contribution in [0.25, 0.3) is 0 Å². The van der Waals surface area contributed by atoms with Crippen molar-refractivity contribution in [1.29, 1.82) is 0 Å². The van der Waals surface area contributed by atoms with E-state index in [9.17, 15) is 4.79 Å². The quantitative estimate of drug-likeness (QED) is 0.648. The second kappa shape index (κ2) is 5.04. The maximum absolute atomic E-state index is 11.5. The molecule has 0 radical (unpaired) electrons. The molecule has 0 aliphatic carbocycles. The van der Waals surface area contributed by atoms with Crippen LogP contribution in [0.1, 0.15) is 33.1 Å². The second-order valence-corrected chi connectivity index (χ2v) is 3.65. The summed E-state index contributed by atoms with van der Waals surface area (Å²) in [6, 6.07) is 0.571. The lowest BCUT2D eigenvalue weighted by Gasteiger charge is -2.26. The van der Waals surface area contributed by atoms with Crippen LogP contribution in [0.15, 0.2) is 0 Å². The molecule has 0 saturated carbocycles. The van der Waals surface area contributed by atoms with Crippen LogP contribution in [-0.2, 0) is 4.79 Å². The Kier molecular flexibility index (Phi) is 3.98. The van der Waals surface area contributed by atoms with Crippen LogP contribution < -0.4 is 5.32 Å². The van der Waals surface area contributed by atoms with Crippen molar-refractivity contribution in [1.82, 2.24) is 5.32 Å². The number of hydrogen-bond donors (Lipinski definition) is 1. The van der Waals surface area contributed by atoms with Gasteiger partial charge in [0.1, 0.15) is 5.78 Å². The molecule has 13 heavy (non-hydrogen) atoms. The van der Waals surface area contributed by atoms with Crippen molar-refractivity contribution < 1.29 is 4.79 Å². The Morgan fingerprint density at radius 3 is 2.85 bits per heavy atom. The summed E-state index contributed by atoms with van der Waals surface area (Å²) in [5.41, 5.74) is 0. The molecule has 1 N–H and O–H groups in total. The highest BCUT2D eigenvalue weighted by Gasteiger charge is 2.22. The number of carbonyl (C=O) groups is 1. The van der Waals surface area contributed by atoms with Crippen molar-refractivity contribution >= 4 is 5.78 Å². The topological polar surface area (TPSA) is 29.1 Å². The Morgan fingerprint density at radius 2 is 2.31 bits per heavy atom. The number of Topliss-reactive ketones (excluding diaryl/α,β-unsaturated/α-hetero) is 1. The molecule has 1 rings (SSSR count). The molecule has 1 fully saturated rings. The van der Waals surface area contributed by atoms with Gasteiger partial charge in [-0.3, -0.25) is 4.79 Å². The predicted molar refractivity (Wildman–Crippen MR) is 53.3 cm³/mol. The third kappa shape index (κ3) is 3.20. The molecule has 0 aromatic carbocycles. The minimum atomic E-state index is 0.206. The van der Waals surface area contributed by atoms with Gasteiger partial charge >= 0.3 is 0 Å². The van der Waals surface area contributed by atoms with Gasteiger partial charge < -0.3 is 5.32 Å². The van der Waals surface area contributed by atoms with E-state index in [4.69, 9.17) is 0 Å². The number of ketones is 1. The van der Waals surface area contributed by atoms with Gasteiger partial charge in [-0.1, -0.05) is 5.92 Å². The molecule has 0 aromatic rings. The molecule has 2 unspecified atom stereocenters. The van der Waals surface area contributed by atoms with E-state index >= 15 is 0 Å². The molecule has 1 saturated heterocycles. The first-order valence-corrected chi connectivity index (χ1v) is 4.89. The van der Waals surface area contributed by atoms with Crippen LogP contribution in [0.2, 0.25) is 0 Å². The standard InChI is InChI=1S/C11H17NO/c1-3-4-5-11(13)10-7-6-9(2)12-8-10/h9-10,12H,5-8H2,1-2H3. The SMILES string of the molecule is CC#CCC(=O)C1CCC(C)NC1. The van der Waals surface area contributed by atoms with Crippen molar-refractivity contribution in [2.45, 2.75) is 39.2 Å². The van der Waals surface area contributed by atoms with Gasteiger partial charge in [0, 0.05) is 18.5 Å². The number of hydrogen-bond acceptors (Lipinski definition) is 2. The zero-order chi connectivity index (χ0) is 9.68. The Morgan fingerprint density at radius 1 is 1.54 bits per heavy atom. The van der Waals surface area contributed by atoms with Gasteiger partial charge in [-0.2, -0.15) is 0 Å². The van der Waals surface area contributed by atoms with Crippen LogP contribution in [0.3, 0.4) is 0 Å². The van der Waals surface area contributed by atoms with E-state index in [2.05, 4.69) is 24.1 Å². The van der Waals surface area contributed by atoms with Gasteiger partial charge in [0.15, 0.2) is 0 Å². The van der Waals surface area contributed by atoms with Crippen LogP contribution in [0, 0.1) is 17.8 Å². The number of nitrogens with one attached hydrogen (secondary N) is 1. The summed E-state index contributed by atoms with van der Waals surface area (Å²) in [5.74, 6) is 6.09. The molecule has 0 amide bonds. The van der Waals surface area contributed by atoms with E-state index in [-0.39, 0.29) is 5.92 Å². The van der Waals surface area contributed by atoms with Crippen molar-refractivity contribution in [2.75, 3.05) is 6.54 Å². The fourth-order valence-corrected chi connectivity index (χ4v) is 1.59. The fraction of sp³-hybridized carbons (Fsp3) is 0.727. The summed E-state index contributed by atoms with van der Waals surface area (Å²) < 4.78 is 0. The van der Waals surface area contributed by atoms with E-state index in [1.807, 2.05) is 0 Å². The van der Waals surface area contributed by atoms with E-state index in [1.54, 1.807) is 6.92 Å². The van der Waals surface area contributed by atoms with Gasteiger partial charge in [0.2, 0.25) is 0 Å². The summed E-state index contributed by atoms with van der Waals surface area (Å²) in [7, 11) is 0. The van der Waals surface area contributed by atoms with Gasteiger partial charge in [0.05, 0.1) is 6.42 Å². The molecule has 0 spiro atoms. The Bertz CT molecular complexity index is 228. The first kappa shape index (κ1) is 10.3. The molecular formula is C11H17NO. The maximum Gasteiger partial charge on any atom is 0.149 e. The molecule has 1 aliphatic heterocycles. The minimum Gasteiger partial charge on any atom is -0.314 e. The van der Waals surface area contributed by atoms with Gasteiger partial charge in [-0.25, -0.2) is 0 Å². The van der Waals surface area contributed by atoms with Gasteiger partial charge in [0.25, 0.3) is 0 Å². The number of piperidine rings is 1. The summed E-state index contributed by atoms with van der Waals surface area (Å²) in [4.78, 5) is 11.5. The predicted octanol–water partition coefficient (Wildman–Crippen LogP) is 1.36. The number of carbonyl (C=O) groups excluding carboxylic acids is 1. The highest BCUT2D eigenvalue weighted by Crippen LogP contribution is 2.15.